The highest BCUT2D eigenvalue weighted by atomic mass is 16.5. The van der Waals surface area contributed by atoms with Crippen LogP contribution in [-0.2, 0) is 4.74 Å². The molecule has 1 saturated heterocycles. The molecule has 1 rings (SSSR count). The van der Waals surface area contributed by atoms with Gasteiger partial charge in [-0.3, -0.25) is 4.90 Å². The van der Waals surface area contributed by atoms with Gasteiger partial charge in [0.1, 0.15) is 0 Å². The van der Waals surface area contributed by atoms with E-state index in [9.17, 15) is 0 Å². The first-order valence-corrected chi connectivity index (χ1v) is 9.57. The highest BCUT2D eigenvalue weighted by Crippen LogP contribution is 2.42. The van der Waals surface area contributed by atoms with Gasteiger partial charge in [0.05, 0.1) is 13.2 Å². The van der Waals surface area contributed by atoms with Crippen molar-refractivity contribution in [3.8, 4) is 0 Å². The number of rotatable bonds is 7. The fraction of sp³-hybridized carbons (Fsp3) is 1.00. The van der Waals surface area contributed by atoms with E-state index >= 15 is 0 Å². The van der Waals surface area contributed by atoms with Crippen molar-refractivity contribution >= 4 is 0 Å². The van der Waals surface area contributed by atoms with E-state index in [1.165, 1.54) is 32.1 Å². The summed E-state index contributed by atoms with van der Waals surface area (Å²) in [5.41, 5.74) is 1.14. The van der Waals surface area contributed by atoms with E-state index in [1.807, 2.05) is 0 Å². The van der Waals surface area contributed by atoms with Crippen LogP contribution in [-0.4, -0.2) is 37.2 Å². The first-order chi connectivity index (χ1) is 10.3. The molecule has 1 fully saturated rings. The summed E-state index contributed by atoms with van der Waals surface area (Å²) in [7, 11) is 0. The molecular formula is C21H47NO. The molecule has 142 valence electrons. The lowest BCUT2D eigenvalue weighted by molar-refractivity contribution is 0.0238. The summed E-state index contributed by atoms with van der Waals surface area (Å²) in [6, 6.07) is 0.689. The fourth-order valence-electron chi connectivity index (χ4n) is 3.12. The minimum absolute atomic E-state index is 0. The largest absolute Gasteiger partial charge is 0.379 e. The van der Waals surface area contributed by atoms with E-state index in [0.717, 1.165) is 26.3 Å². The second-order valence-corrected chi connectivity index (χ2v) is 7.95. The van der Waals surface area contributed by atoms with E-state index in [-0.39, 0.29) is 7.43 Å². The van der Waals surface area contributed by atoms with Crippen molar-refractivity contribution in [2.24, 2.45) is 10.8 Å². The van der Waals surface area contributed by atoms with Gasteiger partial charge >= 0.3 is 0 Å². The number of hydrogen-bond donors (Lipinski definition) is 0. The molecule has 23 heavy (non-hydrogen) atoms. The van der Waals surface area contributed by atoms with Crippen LogP contribution < -0.4 is 0 Å². The molecule has 0 radical (unpaired) electrons. The Labute approximate surface area is 148 Å². The molecule has 0 aromatic carbocycles. The van der Waals surface area contributed by atoms with Crippen LogP contribution in [0.4, 0.5) is 0 Å². The van der Waals surface area contributed by atoms with Crippen molar-refractivity contribution in [1.82, 2.24) is 4.90 Å². The van der Waals surface area contributed by atoms with Crippen molar-refractivity contribution in [3.63, 3.8) is 0 Å². The molecule has 1 heterocycles. The van der Waals surface area contributed by atoms with Crippen LogP contribution in [0.2, 0.25) is 0 Å². The third kappa shape index (κ3) is 9.72. The van der Waals surface area contributed by atoms with Gasteiger partial charge in [0.15, 0.2) is 0 Å². The van der Waals surface area contributed by atoms with Gasteiger partial charge in [-0.2, -0.15) is 0 Å². The van der Waals surface area contributed by atoms with Gasteiger partial charge in [-0.05, 0) is 31.1 Å². The second kappa shape index (κ2) is 12.3. The lowest BCUT2D eigenvalue weighted by Gasteiger charge is -2.38. The van der Waals surface area contributed by atoms with Crippen LogP contribution in [0.15, 0.2) is 0 Å². The van der Waals surface area contributed by atoms with Crippen molar-refractivity contribution in [3.05, 3.63) is 0 Å². The maximum absolute atomic E-state index is 5.21. The Morgan fingerprint density at radius 3 is 1.39 bits per heavy atom. The molecule has 1 aliphatic heterocycles. The van der Waals surface area contributed by atoms with Gasteiger partial charge in [0.2, 0.25) is 0 Å². The average Bonchev–Trinajstić information content (AvgIpc) is 2.56. The van der Waals surface area contributed by atoms with Gasteiger partial charge < -0.3 is 4.74 Å². The highest BCUT2D eigenvalue weighted by molar-refractivity contribution is 4.81. The molecule has 0 aliphatic carbocycles. The molecule has 0 atom stereocenters. The van der Waals surface area contributed by atoms with Crippen LogP contribution in [0.3, 0.4) is 0 Å². The standard InChI is InChI=1S/C13H28.C7H15NO.CH4/c1-7-12(5,8-2)11-13(6,9-3)10-4;1-7(2)8-3-5-9-6-4-8;/h7-11H2,1-6H3;7H,3-6H2,1-2H3;1H4. The van der Waals surface area contributed by atoms with Crippen LogP contribution in [0.5, 0.6) is 0 Å². The van der Waals surface area contributed by atoms with Crippen LogP contribution in [0.1, 0.15) is 94.9 Å². The smallest absolute Gasteiger partial charge is 0.0594 e. The first-order valence-electron chi connectivity index (χ1n) is 9.57. The highest BCUT2D eigenvalue weighted by Gasteiger charge is 2.30. The van der Waals surface area contributed by atoms with Gasteiger partial charge in [-0.1, -0.05) is 74.7 Å². The van der Waals surface area contributed by atoms with E-state index < -0.39 is 0 Å². The minimum Gasteiger partial charge on any atom is -0.379 e. The topological polar surface area (TPSA) is 12.5 Å². The molecule has 2 heteroatoms. The lowest BCUT2D eigenvalue weighted by atomic mass is 9.68. The lowest BCUT2D eigenvalue weighted by Crippen LogP contribution is -2.40. The molecule has 0 aromatic rings. The maximum Gasteiger partial charge on any atom is 0.0594 e. The van der Waals surface area contributed by atoms with E-state index in [2.05, 4.69) is 60.3 Å². The Balaban J connectivity index is 0. The Kier molecular flexibility index (Phi) is 13.5. The Bertz CT molecular complexity index is 245. The van der Waals surface area contributed by atoms with Crippen LogP contribution in [0.25, 0.3) is 0 Å². The summed E-state index contributed by atoms with van der Waals surface area (Å²) in [5.74, 6) is 0. The third-order valence-electron chi connectivity index (χ3n) is 6.04. The summed E-state index contributed by atoms with van der Waals surface area (Å²) in [5, 5.41) is 0. The first kappa shape index (κ1) is 25.2. The Hall–Kier alpha value is -0.0800. The molecular weight excluding hydrogens is 282 g/mol. The molecule has 2 nitrogen and oxygen atoms in total. The molecule has 1 aliphatic rings. The maximum atomic E-state index is 5.21. The SMILES string of the molecule is C.CC(C)N1CCOCC1.CCC(C)(CC)CC(C)(CC)CC. The summed E-state index contributed by atoms with van der Waals surface area (Å²) < 4.78 is 5.21. The molecule has 0 bridgehead atoms. The molecule has 0 N–H and O–H groups in total. The predicted molar refractivity (Wildman–Crippen MR) is 106 cm³/mol. The third-order valence-corrected chi connectivity index (χ3v) is 6.04. The number of morpholine rings is 1. The zero-order valence-corrected chi connectivity index (χ0v) is 16.8. The van der Waals surface area contributed by atoms with E-state index in [4.69, 9.17) is 4.74 Å². The van der Waals surface area contributed by atoms with E-state index in [0.29, 0.717) is 16.9 Å². The molecule has 0 aromatic heterocycles. The van der Waals surface area contributed by atoms with Crippen molar-refractivity contribution in [2.75, 3.05) is 26.3 Å². The zero-order valence-electron chi connectivity index (χ0n) is 16.8. The molecule has 0 amide bonds. The van der Waals surface area contributed by atoms with Gasteiger partial charge in [-0.15, -0.1) is 0 Å². The molecule has 0 spiro atoms. The summed E-state index contributed by atoms with van der Waals surface area (Å²) in [6.07, 6.45) is 6.66. The predicted octanol–water partition coefficient (Wildman–Crippen LogP) is 6.39. The van der Waals surface area contributed by atoms with Gasteiger partial charge in [0.25, 0.3) is 0 Å². The van der Waals surface area contributed by atoms with Gasteiger partial charge in [0, 0.05) is 19.1 Å². The van der Waals surface area contributed by atoms with Crippen molar-refractivity contribution < 1.29 is 4.74 Å². The van der Waals surface area contributed by atoms with Gasteiger partial charge in [-0.25, -0.2) is 0 Å². The molecule has 0 unspecified atom stereocenters. The van der Waals surface area contributed by atoms with Crippen molar-refractivity contribution in [1.29, 1.82) is 0 Å². The Morgan fingerprint density at radius 2 is 1.17 bits per heavy atom. The Morgan fingerprint density at radius 1 is 0.826 bits per heavy atom. The summed E-state index contributed by atoms with van der Waals surface area (Å²) in [4.78, 5) is 2.43. The summed E-state index contributed by atoms with van der Waals surface area (Å²) >= 11 is 0. The number of hydrogen-bond acceptors (Lipinski definition) is 2. The number of nitrogens with zero attached hydrogens (tertiary/aromatic N) is 1. The van der Waals surface area contributed by atoms with Crippen molar-refractivity contribution in [2.45, 2.75) is 101 Å². The minimum atomic E-state index is 0. The quantitative estimate of drug-likeness (QED) is 0.536. The van der Waals surface area contributed by atoms with Crippen LogP contribution in [0, 0.1) is 10.8 Å². The average molecular weight is 330 g/mol. The van der Waals surface area contributed by atoms with Crippen LogP contribution >= 0.6 is 0 Å². The van der Waals surface area contributed by atoms with E-state index in [1.54, 1.807) is 0 Å². The zero-order chi connectivity index (χ0) is 17.2. The fourth-order valence-corrected chi connectivity index (χ4v) is 3.12. The summed E-state index contributed by atoms with van der Waals surface area (Å²) in [6.45, 7) is 22.7. The normalized spacial score (nSPS) is 16.6. The second-order valence-electron chi connectivity index (χ2n) is 7.95. The molecule has 0 saturated carbocycles. The number of ether oxygens (including phenoxy) is 1. The monoisotopic (exact) mass is 329 g/mol.